The fourth-order valence-corrected chi connectivity index (χ4v) is 5.39. The van der Waals surface area contributed by atoms with Crippen molar-refractivity contribution in [1.82, 2.24) is 4.57 Å². The normalized spacial score (nSPS) is 11.9. The van der Waals surface area contributed by atoms with E-state index in [1.807, 2.05) is 0 Å². The van der Waals surface area contributed by atoms with Gasteiger partial charge in [-0.15, -0.1) is 0 Å². The molecular weight excluding hydrogens is 490 g/mol. The molecule has 180 valence electrons. The number of methoxy groups -OCH3 is 2. The molecule has 0 fully saturated rings. The summed E-state index contributed by atoms with van der Waals surface area (Å²) < 4.78 is 39.9. The van der Waals surface area contributed by atoms with Crippen LogP contribution in [0.5, 0.6) is 5.75 Å². The number of thiazole rings is 1. The third-order valence-corrected chi connectivity index (χ3v) is 7.48. The molecule has 0 spiro atoms. The lowest BCUT2D eigenvalue weighted by molar-refractivity contribution is -0.141. The van der Waals surface area contributed by atoms with Gasteiger partial charge in [0.25, 0.3) is 15.9 Å². The molecule has 0 aliphatic carbocycles. The van der Waals surface area contributed by atoms with Crippen LogP contribution < -0.4 is 14.3 Å². The Bertz CT molecular complexity index is 1560. The molecule has 0 radical (unpaired) electrons. The highest BCUT2D eigenvalue weighted by Gasteiger charge is 2.15. The van der Waals surface area contributed by atoms with Gasteiger partial charge >= 0.3 is 5.97 Å². The summed E-state index contributed by atoms with van der Waals surface area (Å²) in [6, 6.07) is 19.2. The molecule has 1 heterocycles. The third-order valence-electron chi connectivity index (χ3n) is 5.04. The Labute approximate surface area is 205 Å². The van der Waals surface area contributed by atoms with E-state index < -0.39 is 21.9 Å². The fourth-order valence-electron chi connectivity index (χ4n) is 3.26. The maximum absolute atomic E-state index is 12.9. The average Bonchev–Trinajstić information content (AvgIpc) is 3.20. The summed E-state index contributed by atoms with van der Waals surface area (Å²) in [5.41, 5.74) is 1.27. The number of esters is 1. The maximum atomic E-state index is 12.9. The van der Waals surface area contributed by atoms with Crippen molar-refractivity contribution in [3.63, 3.8) is 0 Å². The Morgan fingerprint density at radius 2 is 1.71 bits per heavy atom. The lowest BCUT2D eigenvalue weighted by atomic mass is 10.2. The molecule has 3 aromatic carbocycles. The number of anilines is 1. The summed E-state index contributed by atoms with van der Waals surface area (Å²) >= 11 is 1.23. The maximum Gasteiger partial charge on any atom is 0.325 e. The van der Waals surface area contributed by atoms with E-state index in [0.29, 0.717) is 21.8 Å². The lowest BCUT2D eigenvalue weighted by Crippen LogP contribution is -2.22. The van der Waals surface area contributed by atoms with Crippen LogP contribution in [-0.2, 0) is 26.1 Å². The largest absolute Gasteiger partial charge is 0.497 e. The van der Waals surface area contributed by atoms with Gasteiger partial charge in [-0.2, -0.15) is 4.99 Å². The van der Waals surface area contributed by atoms with Gasteiger partial charge in [0.1, 0.15) is 12.3 Å². The van der Waals surface area contributed by atoms with Gasteiger partial charge in [0, 0.05) is 11.3 Å². The van der Waals surface area contributed by atoms with Gasteiger partial charge in [0.15, 0.2) is 4.80 Å². The monoisotopic (exact) mass is 511 g/mol. The minimum atomic E-state index is -3.75. The topological polar surface area (TPSA) is 116 Å². The number of benzene rings is 3. The number of rotatable bonds is 7. The van der Waals surface area contributed by atoms with Crippen molar-refractivity contribution in [3.05, 3.63) is 83.2 Å². The van der Waals surface area contributed by atoms with Gasteiger partial charge in [0.2, 0.25) is 0 Å². The van der Waals surface area contributed by atoms with Crippen molar-refractivity contribution >= 4 is 49.1 Å². The first-order valence-corrected chi connectivity index (χ1v) is 12.6. The second-order valence-electron chi connectivity index (χ2n) is 7.29. The van der Waals surface area contributed by atoms with Crippen LogP contribution in [0.15, 0.2) is 82.7 Å². The molecule has 0 aliphatic heterocycles. The number of fused-ring (bicyclic) bond motifs is 1. The molecule has 0 saturated heterocycles. The predicted octanol–water partition coefficient (Wildman–Crippen LogP) is 3.43. The number of hydrogen-bond donors (Lipinski definition) is 1. The Morgan fingerprint density at radius 1 is 1.00 bits per heavy atom. The summed E-state index contributed by atoms with van der Waals surface area (Å²) in [7, 11) is -0.910. The molecule has 1 amide bonds. The Kier molecular flexibility index (Phi) is 6.99. The van der Waals surface area contributed by atoms with Gasteiger partial charge in [-0.05, 0) is 54.6 Å². The summed E-state index contributed by atoms with van der Waals surface area (Å²) in [5.74, 6) is -0.389. The van der Waals surface area contributed by atoms with E-state index >= 15 is 0 Å². The molecule has 35 heavy (non-hydrogen) atoms. The molecular formula is C24H21N3O6S2. The van der Waals surface area contributed by atoms with Crippen LogP contribution in [0.4, 0.5) is 5.69 Å². The minimum absolute atomic E-state index is 0.116. The van der Waals surface area contributed by atoms with Crippen molar-refractivity contribution < 1.29 is 27.5 Å². The van der Waals surface area contributed by atoms with Crippen LogP contribution in [-0.4, -0.2) is 39.1 Å². The van der Waals surface area contributed by atoms with Crippen molar-refractivity contribution in [2.75, 3.05) is 18.9 Å². The molecule has 1 N–H and O–H groups in total. The highest BCUT2D eigenvalue weighted by Crippen LogP contribution is 2.23. The highest BCUT2D eigenvalue weighted by molar-refractivity contribution is 7.92. The van der Waals surface area contributed by atoms with E-state index in [4.69, 9.17) is 9.47 Å². The smallest absolute Gasteiger partial charge is 0.325 e. The first kappa shape index (κ1) is 24.2. The lowest BCUT2D eigenvalue weighted by Gasteiger charge is -2.08. The van der Waals surface area contributed by atoms with Crippen molar-refractivity contribution in [3.8, 4) is 5.75 Å². The van der Waals surface area contributed by atoms with E-state index in [0.717, 1.165) is 4.70 Å². The number of nitrogens with zero attached hydrogens (tertiary/aromatic N) is 2. The molecule has 9 nitrogen and oxygen atoms in total. The van der Waals surface area contributed by atoms with Gasteiger partial charge in [0.05, 0.1) is 29.3 Å². The highest BCUT2D eigenvalue weighted by atomic mass is 32.2. The van der Waals surface area contributed by atoms with E-state index in [1.165, 1.54) is 54.8 Å². The van der Waals surface area contributed by atoms with Crippen LogP contribution >= 0.6 is 11.3 Å². The number of carbonyl (C=O) groups excluding carboxylic acids is 2. The third kappa shape index (κ3) is 5.42. The van der Waals surface area contributed by atoms with Crippen LogP contribution in [0.2, 0.25) is 0 Å². The van der Waals surface area contributed by atoms with Gasteiger partial charge < -0.3 is 14.0 Å². The van der Waals surface area contributed by atoms with Crippen molar-refractivity contribution in [1.29, 1.82) is 0 Å². The number of aromatic nitrogens is 1. The minimum Gasteiger partial charge on any atom is -0.497 e. The number of amides is 1. The van der Waals surface area contributed by atoms with Gasteiger partial charge in [-0.3, -0.25) is 14.3 Å². The van der Waals surface area contributed by atoms with Crippen molar-refractivity contribution in [2.24, 2.45) is 4.99 Å². The average molecular weight is 512 g/mol. The molecule has 0 unspecified atom stereocenters. The summed E-state index contributed by atoms with van der Waals surface area (Å²) in [6.45, 7) is -0.116. The Hall–Kier alpha value is -3.96. The van der Waals surface area contributed by atoms with Crippen LogP contribution in [0.1, 0.15) is 10.4 Å². The Morgan fingerprint density at radius 3 is 2.37 bits per heavy atom. The summed E-state index contributed by atoms with van der Waals surface area (Å²) in [6.07, 6.45) is 0. The number of nitrogens with one attached hydrogen (secondary N) is 1. The van der Waals surface area contributed by atoms with E-state index in [2.05, 4.69) is 9.71 Å². The second kappa shape index (κ2) is 10.1. The number of carbonyl (C=O) groups is 2. The summed E-state index contributed by atoms with van der Waals surface area (Å²) in [5, 5.41) is 0. The first-order valence-electron chi connectivity index (χ1n) is 10.3. The number of ether oxygens (including phenoxy) is 2. The van der Waals surface area contributed by atoms with Crippen LogP contribution in [0, 0.1) is 0 Å². The molecule has 0 saturated carbocycles. The van der Waals surface area contributed by atoms with Gasteiger partial charge in [-0.25, -0.2) is 8.42 Å². The number of hydrogen-bond acceptors (Lipinski definition) is 7. The van der Waals surface area contributed by atoms with Crippen molar-refractivity contribution in [2.45, 2.75) is 11.4 Å². The first-order chi connectivity index (χ1) is 16.8. The zero-order valence-electron chi connectivity index (χ0n) is 18.8. The zero-order chi connectivity index (χ0) is 25.0. The standard InChI is InChI=1S/C24H21N3O6S2/c1-32-18-12-13-20-21(14-18)34-24(27(20)15-22(28)33-2)25-23(29)16-8-10-17(11-9-16)26-35(30,31)19-6-4-3-5-7-19/h3-14,26H,15H2,1-2H3. The molecule has 0 atom stereocenters. The molecule has 1 aromatic heterocycles. The van der Waals surface area contributed by atoms with Crippen LogP contribution in [0.3, 0.4) is 0 Å². The van der Waals surface area contributed by atoms with E-state index in [9.17, 15) is 18.0 Å². The second-order valence-corrected chi connectivity index (χ2v) is 9.98. The molecule has 0 aliphatic rings. The molecule has 4 aromatic rings. The summed E-state index contributed by atoms with van der Waals surface area (Å²) in [4.78, 5) is 29.5. The number of sulfonamides is 1. The van der Waals surface area contributed by atoms with E-state index in [-0.39, 0.29) is 17.0 Å². The zero-order valence-corrected chi connectivity index (χ0v) is 20.4. The molecule has 0 bridgehead atoms. The quantitative estimate of drug-likeness (QED) is 0.380. The fraction of sp³-hybridized carbons (Fsp3) is 0.125. The van der Waals surface area contributed by atoms with E-state index in [1.54, 1.807) is 48.1 Å². The molecule has 11 heteroatoms. The molecule has 4 rings (SSSR count). The van der Waals surface area contributed by atoms with Gasteiger partial charge in [-0.1, -0.05) is 29.5 Å². The Balaban J connectivity index is 1.64. The SMILES string of the molecule is COC(=O)Cn1c(=NC(=O)c2ccc(NS(=O)(=O)c3ccccc3)cc2)sc2cc(OC)ccc21. The predicted molar refractivity (Wildman–Crippen MR) is 132 cm³/mol. The van der Waals surface area contributed by atoms with Crippen LogP contribution in [0.25, 0.3) is 10.2 Å².